The van der Waals surface area contributed by atoms with Crippen molar-refractivity contribution in [2.24, 2.45) is 4.99 Å². The van der Waals surface area contributed by atoms with Crippen LogP contribution < -0.4 is 19.1 Å². The molecule has 0 bridgehead atoms. The van der Waals surface area contributed by atoms with Gasteiger partial charge >= 0.3 is 0 Å². The molecular formula is C25H19FN2O4. The quantitative estimate of drug-likeness (QED) is 0.546. The fourth-order valence-corrected chi connectivity index (χ4v) is 3.60. The summed E-state index contributed by atoms with van der Waals surface area (Å²) >= 11 is 0. The van der Waals surface area contributed by atoms with E-state index in [1.54, 1.807) is 60.7 Å². The van der Waals surface area contributed by atoms with Gasteiger partial charge in [0.05, 0.1) is 17.9 Å². The summed E-state index contributed by atoms with van der Waals surface area (Å²) in [5, 5.41) is 0. The summed E-state index contributed by atoms with van der Waals surface area (Å²) in [5.74, 6) is 1.35. The fourth-order valence-electron chi connectivity index (χ4n) is 3.60. The molecular weight excluding hydrogens is 411 g/mol. The minimum absolute atomic E-state index is 0.162. The number of rotatable bonds is 5. The SMILES string of the molecule is CCOc1ccc(N2C(=O)/C(=C\c3ccc4c(c3)OCO4)N=C2c2ccccc2F)cc1. The van der Waals surface area contributed by atoms with Crippen molar-refractivity contribution in [3.63, 3.8) is 0 Å². The average molecular weight is 430 g/mol. The van der Waals surface area contributed by atoms with Gasteiger partial charge in [0.25, 0.3) is 5.91 Å². The van der Waals surface area contributed by atoms with E-state index < -0.39 is 5.82 Å². The van der Waals surface area contributed by atoms with Crippen LogP contribution in [0.25, 0.3) is 6.08 Å². The zero-order valence-electron chi connectivity index (χ0n) is 17.2. The molecule has 160 valence electrons. The zero-order valence-corrected chi connectivity index (χ0v) is 17.2. The number of nitrogens with zero attached hydrogens (tertiary/aromatic N) is 2. The molecule has 32 heavy (non-hydrogen) atoms. The van der Waals surface area contributed by atoms with Crippen molar-refractivity contribution in [3.8, 4) is 17.2 Å². The Balaban J connectivity index is 1.57. The molecule has 3 aromatic rings. The fraction of sp³-hybridized carbons (Fsp3) is 0.120. The number of hydrogen-bond donors (Lipinski definition) is 0. The number of halogens is 1. The van der Waals surface area contributed by atoms with E-state index in [1.165, 1.54) is 11.0 Å². The zero-order chi connectivity index (χ0) is 22.1. The summed E-state index contributed by atoms with van der Waals surface area (Å²) in [5.41, 5.74) is 1.72. The summed E-state index contributed by atoms with van der Waals surface area (Å²) in [6.45, 7) is 2.59. The van der Waals surface area contributed by atoms with Gasteiger partial charge in [0, 0.05) is 0 Å². The van der Waals surface area contributed by atoms with Gasteiger partial charge < -0.3 is 14.2 Å². The molecule has 1 amide bonds. The number of ether oxygens (including phenoxy) is 3. The van der Waals surface area contributed by atoms with Crippen molar-refractivity contribution in [2.75, 3.05) is 18.3 Å². The summed E-state index contributed by atoms with van der Waals surface area (Å²) in [6, 6.07) is 18.7. The predicted octanol–water partition coefficient (Wildman–Crippen LogP) is 4.79. The molecule has 7 heteroatoms. The van der Waals surface area contributed by atoms with Gasteiger partial charge in [-0.3, -0.25) is 9.69 Å². The third kappa shape index (κ3) is 3.58. The molecule has 0 aromatic heterocycles. The van der Waals surface area contributed by atoms with Crippen molar-refractivity contribution in [3.05, 3.63) is 89.4 Å². The van der Waals surface area contributed by atoms with E-state index >= 15 is 0 Å². The van der Waals surface area contributed by atoms with Gasteiger partial charge in [0.1, 0.15) is 17.3 Å². The molecule has 3 aromatic carbocycles. The standard InChI is InChI=1S/C25H19FN2O4/c1-2-30-18-10-8-17(9-11-18)28-24(19-5-3-4-6-20(19)26)27-21(25(28)29)13-16-7-12-22-23(14-16)32-15-31-22/h3-14H,2,15H2,1H3/b21-13+. The lowest BCUT2D eigenvalue weighted by atomic mass is 10.1. The van der Waals surface area contributed by atoms with Gasteiger partial charge in [-0.15, -0.1) is 0 Å². The summed E-state index contributed by atoms with van der Waals surface area (Å²) in [4.78, 5) is 19.3. The highest BCUT2D eigenvalue weighted by atomic mass is 19.1. The number of benzene rings is 3. The monoisotopic (exact) mass is 430 g/mol. The number of amides is 1. The van der Waals surface area contributed by atoms with E-state index in [0.29, 0.717) is 29.5 Å². The van der Waals surface area contributed by atoms with Crippen LogP contribution in [0.15, 0.2) is 77.4 Å². The van der Waals surface area contributed by atoms with Crippen LogP contribution >= 0.6 is 0 Å². The number of carbonyl (C=O) groups is 1. The second-order valence-corrected chi connectivity index (χ2v) is 7.13. The first kappa shape index (κ1) is 19.8. The molecule has 0 atom stereocenters. The highest BCUT2D eigenvalue weighted by molar-refractivity contribution is 6.33. The minimum Gasteiger partial charge on any atom is -0.494 e. The Morgan fingerprint density at radius 2 is 1.84 bits per heavy atom. The summed E-state index contributed by atoms with van der Waals surface area (Å²) < 4.78 is 30.9. The van der Waals surface area contributed by atoms with Gasteiger partial charge in [-0.2, -0.15) is 0 Å². The lowest BCUT2D eigenvalue weighted by Crippen LogP contribution is -2.33. The number of hydrogen-bond acceptors (Lipinski definition) is 5. The molecule has 0 radical (unpaired) electrons. The summed E-state index contributed by atoms with van der Waals surface area (Å²) in [6.07, 6.45) is 1.65. The molecule has 0 unspecified atom stereocenters. The smallest absolute Gasteiger partial charge is 0.282 e. The molecule has 0 saturated heterocycles. The molecule has 2 aliphatic heterocycles. The second kappa shape index (κ2) is 8.19. The van der Waals surface area contributed by atoms with Crippen LogP contribution in [0.2, 0.25) is 0 Å². The van der Waals surface area contributed by atoms with E-state index in [-0.39, 0.29) is 29.8 Å². The Hall–Kier alpha value is -4.13. The first-order valence-electron chi connectivity index (χ1n) is 10.2. The molecule has 0 saturated carbocycles. The van der Waals surface area contributed by atoms with Gasteiger partial charge in [0.2, 0.25) is 6.79 Å². The topological polar surface area (TPSA) is 60.4 Å². The van der Waals surface area contributed by atoms with Crippen LogP contribution in [-0.4, -0.2) is 25.1 Å². The van der Waals surface area contributed by atoms with Crippen LogP contribution in [0.3, 0.4) is 0 Å². The maximum atomic E-state index is 14.6. The van der Waals surface area contributed by atoms with Gasteiger partial charge in [-0.25, -0.2) is 9.38 Å². The predicted molar refractivity (Wildman–Crippen MR) is 119 cm³/mol. The number of aliphatic imine (C=N–C) groups is 1. The van der Waals surface area contributed by atoms with Crippen molar-refractivity contribution < 1.29 is 23.4 Å². The first-order chi connectivity index (χ1) is 15.6. The highest BCUT2D eigenvalue weighted by Gasteiger charge is 2.33. The Morgan fingerprint density at radius 1 is 1.06 bits per heavy atom. The van der Waals surface area contributed by atoms with E-state index in [2.05, 4.69) is 4.99 Å². The normalized spacial score (nSPS) is 15.9. The average Bonchev–Trinajstić information content (AvgIpc) is 3.39. The van der Waals surface area contributed by atoms with Gasteiger partial charge in [-0.1, -0.05) is 18.2 Å². The summed E-state index contributed by atoms with van der Waals surface area (Å²) in [7, 11) is 0. The highest BCUT2D eigenvalue weighted by Crippen LogP contribution is 2.34. The van der Waals surface area contributed by atoms with E-state index in [4.69, 9.17) is 14.2 Å². The minimum atomic E-state index is -0.459. The lowest BCUT2D eigenvalue weighted by molar-refractivity contribution is -0.113. The first-order valence-corrected chi connectivity index (χ1v) is 10.2. The Morgan fingerprint density at radius 3 is 2.62 bits per heavy atom. The van der Waals surface area contributed by atoms with E-state index in [1.807, 2.05) is 13.0 Å². The second-order valence-electron chi connectivity index (χ2n) is 7.13. The van der Waals surface area contributed by atoms with Gasteiger partial charge in [0.15, 0.2) is 17.3 Å². The van der Waals surface area contributed by atoms with Crippen LogP contribution in [0.1, 0.15) is 18.1 Å². The Kier molecular flexibility index (Phi) is 5.07. The van der Waals surface area contributed by atoms with Crippen molar-refractivity contribution in [2.45, 2.75) is 6.92 Å². The molecule has 5 rings (SSSR count). The maximum absolute atomic E-state index is 14.6. The van der Waals surface area contributed by atoms with E-state index in [9.17, 15) is 9.18 Å². The molecule has 0 N–H and O–H groups in total. The maximum Gasteiger partial charge on any atom is 0.282 e. The molecule has 2 aliphatic rings. The van der Waals surface area contributed by atoms with Crippen molar-refractivity contribution in [1.82, 2.24) is 0 Å². The van der Waals surface area contributed by atoms with Crippen molar-refractivity contribution >= 4 is 23.5 Å². The lowest BCUT2D eigenvalue weighted by Gasteiger charge is -2.19. The molecule has 2 heterocycles. The molecule has 0 fully saturated rings. The number of carbonyl (C=O) groups excluding carboxylic acids is 1. The molecule has 0 aliphatic carbocycles. The third-order valence-electron chi connectivity index (χ3n) is 5.08. The molecule has 6 nitrogen and oxygen atoms in total. The van der Waals surface area contributed by atoms with Crippen LogP contribution in [0, 0.1) is 5.82 Å². The number of fused-ring (bicyclic) bond motifs is 1. The third-order valence-corrected chi connectivity index (χ3v) is 5.08. The van der Waals surface area contributed by atoms with Gasteiger partial charge in [-0.05, 0) is 67.1 Å². The van der Waals surface area contributed by atoms with Crippen molar-refractivity contribution in [1.29, 1.82) is 0 Å². The molecule has 0 spiro atoms. The number of amidine groups is 1. The van der Waals surface area contributed by atoms with Crippen LogP contribution in [0.4, 0.5) is 10.1 Å². The van der Waals surface area contributed by atoms with E-state index in [0.717, 1.165) is 5.56 Å². The largest absolute Gasteiger partial charge is 0.494 e. The Labute approximate surface area is 184 Å². The van der Waals surface area contributed by atoms with Crippen LogP contribution in [0.5, 0.6) is 17.2 Å². The Bertz CT molecular complexity index is 1250. The van der Waals surface area contributed by atoms with Crippen LogP contribution in [-0.2, 0) is 4.79 Å². The number of anilines is 1.